The molecule has 1 heterocycles. The third-order valence-electron chi connectivity index (χ3n) is 3.08. The maximum atomic E-state index is 9.97. The minimum absolute atomic E-state index is 0.473. The van der Waals surface area contributed by atoms with E-state index in [0.717, 1.165) is 17.4 Å². The largest absolute Gasteiger partial charge is 0.458 e. The van der Waals surface area contributed by atoms with E-state index in [1.165, 1.54) is 12.8 Å². The fourth-order valence-electron chi connectivity index (χ4n) is 1.98. The summed E-state index contributed by atoms with van der Waals surface area (Å²) in [5, 5.41) is 11.6. The van der Waals surface area contributed by atoms with Crippen LogP contribution in [-0.2, 0) is 0 Å². The SMILES string of the molecule is OC(CC1CC1)c1cc2cc(Cl)ccc2o1. The lowest BCUT2D eigenvalue weighted by molar-refractivity contribution is 0.136. The van der Waals surface area contributed by atoms with Crippen LogP contribution in [0.3, 0.4) is 0 Å². The van der Waals surface area contributed by atoms with Gasteiger partial charge in [-0.15, -0.1) is 0 Å². The molecule has 1 atom stereocenters. The summed E-state index contributed by atoms with van der Waals surface area (Å²) in [6.07, 6.45) is 2.82. The zero-order valence-corrected chi connectivity index (χ0v) is 9.57. The fourth-order valence-corrected chi connectivity index (χ4v) is 2.16. The van der Waals surface area contributed by atoms with Gasteiger partial charge in [0.1, 0.15) is 17.4 Å². The minimum Gasteiger partial charge on any atom is -0.458 e. The number of rotatable bonds is 3. The molecule has 0 bridgehead atoms. The number of halogens is 1. The van der Waals surface area contributed by atoms with Crippen molar-refractivity contribution in [2.45, 2.75) is 25.4 Å². The van der Waals surface area contributed by atoms with Crippen molar-refractivity contribution in [1.82, 2.24) is 0 Å². The molecule has 1 N–H and O–H groups in total. The quantitative estimate of drug-likeness (QED) is 0.876. The van der Waals surface area contributed by atoms with Crippen molar-refractivity contribution >= 4 is 22.6 Å². The molecular formula is C13H13ClO2. The van der Waals surface area contributed by atoms with E-state index in [1.807, 2.05) is 18.2 Å². The Morgan fingerprint density at radius 1 is 1.38 bits per heavy atom. The molecular weight excluding hydrogens is 224 g/mol. The van der Waals surface area contributed by atoms with Crippen LogP contribution in [0.25, 0.3) is 11.0 Å². The highest BCUT2D eigenvalue weighted by Gasteiger charge is 2.26. The van der Waals surface area contributed by atoms with Crippen molar-refractivity contribution in [3.05, 3.63) is 35.0 Å². The number of fused-ring (bicyclic) bond motifs is 1. The third kappa shape index (κ3) is 1.95. The fraction of sp³-hybridized carbons (Fsp3) is 0.385. The standard InChI is InChI=1S/C13H13ClO2/c14-10-3-4-12-9(6-10)7-13(16-12)11(15)5-8-1-2-8/h3-4,6-8,11,15H,1-2,5H2. The van der Waals surface area contributed by atoms with Crippen molar-refractivity contribution in [1.29, 1.82) is 0 Å². The maximum absolute atomic E-state index is 9.97. The van der Waals surface area contributed by atoms with E-state index in [2.05, 4.69) is 0 Å². The zero-order valence-electron chi connectivity index (χ0n) is 8.82. The van der Waals surface area contributed by atoms with Crippen molar-refractivity contribution in [2.24, 2.45) is 5.92 Å². The van der Waals surface area contributed by atoms with Crippen LogP contribution >= 0.6 is 11.6 Å². The highest BCUT2D eigenvalue weighted by molar-refractivity contribution is 6.31. The molecule has 0 radical (unpaired) electrons. The van der Waals surface area contributed by atoms with Crippen LogP contribution in [0.2, 0.25) is 5.02 Å². The molecule has 2 nitrogen and oxygen atoms in total. The van der Waals surface area contributed by atoms with Gasteiger partial charge in [0.25, 0.3) is 0 Å². The first-order chi connectivity index (χ1) is 7.72. The van der Waals surface area contributed by atoms with E-state index in [9.17, 15) is 5.11 Å². The molecule has 1 aromatic carbocycles. The first-order valence-electron chi connectivity index (χ1n) is 5.59. The number of hydrogen-bond donors (Lipinski definition) is 1. The molecule has 0 amide bonds. The summed E-state index contributed by atoms with van der Waals surface area (Å²) in [6.45, 7) is 0. The summed E-state index contributed by atoms with van der Waals surface area (Å²) in [6, 6.07) is 7.37. The van der Waals surface area contributed by atoms with E-state index in [-0.39, 0.29) is 0 Å². The van der Waals surface area contributed by atoms with Gasteiger partial charge in [0.2, 0.25) is 0 Å². The molecule has 0 spiro atoms. The molecule has 1 saturated carbocycles. The van der Waals surface area contributed by atoms with Gasteiger partial charge >= 0.3 is 0 Å². The van der Waals surface area contributed by atoms with Crippen molar-refractivity contribution < 1.29 is 9.52 Å². The predicted octanol–water partition coefficient (Wildman–Crippen LogP) is 3.92. The maximum Gasteiger partial charge on any atom is 0.134 e. The molecule has 16 heavy (non-hydrogen) atoms. The van der Waals surface area contributed by atoms with Crippen LogP contribution in [0.4, 0.5) is 0 Å². The Labute approximate surface area is 98.8 Å². The van der Waals surface area contributed by atoms with Crippen LogP contribution < -0.4 is 0 Å². The van der Waals surface area contributed by atoms with Gasteiger partial charge in [-0.2, -0.15) is 0 Å². The molecule has 0 saturated heterocycles. The van der Waals surface area contributed by atoms with E-state index < -0.39 is 6.10 Å². The Kier molecular flexibility index (Phi) is 2.41. The lowest BCUT2D eigenvalue weighted by Gasteiger charge is -2.04. The van der Waals surface area contributed by atoms with Crippen LogP contribution in [0.5, 0.6) is 0 Å². The highest BCUT2D eigenvalue weighted by atomic mass is 35.5. The van der Waals surface area contributed by atoms with Gasteiger partial charge in [-0.1, -0.05) is 24.4 Å². The van der Waals surface area contributed by atoms with Gasteiger partial charge < -0.3 is 9.52 Å². The lowest BCUT2D eigenvalue weighted by atomic mass is 10.1. The van der Waals surface area contributed by atoms with Crippen LogP contribution in [0.1, 0.15) is 31.1 Å². The van der Waals surface area contributed by atoms with Crippen LogP contribution in [-0.4, -0.2) is 5.11 Å². The van der Waals surface area contributed by atoms with Gasteiger partial charge in [0.05, 0.1) is 0 Å². The number of hydrogen-bond acceptors (Lipinski definition) is 2. The molecule has 3 rings (SSSR count). The summed E-state index contributed by atoms with van der Waals surface area (Å²) in [7, 11) is 0. The number of aliphatic hydroxyl groups excluding tert-OH is 1. The molecule has 0 aliphatic heterocycles. The van der Waals surface area contributed by atoms with Crippen LogP contribution in [0, 0.1) is 5.92 Å². The smallest absolute Gasteiger partial charge is 0.134 e. The summed E-state index contributed by atoms with van der Waals surface area (Å²) in [4.78, 5) is 0. The van der Waals surface area contributed by atoms with Crippen molar-refractivity contribution in [2.75, 3.05) is 0 Å². The molecule has 1 aliphatic rings. The molecule has 1 fully saturated rings. The topological polar surface area (TPSA) is 33.4 Å². The minimum atomic E-state index is -0.473. The average molecular weight is 237 g/mol. The Hall–Kier alpha value is -0.990. The first-order valence-corrected chi connectivity index (χ1v) is 5.97. The zero-order chi connectivity index (χ0) is 11.1. The van der Waals surface area contributed by atoms with Gasteiger partial charge in [-0.05, 0) is 36.6 Å². The predicted molar refractivity (Wildman–Crippen MR) is 63.5 cm³/mol. The van der Waals surface area contributed by atoms with Gasteiger partial charge in [0, 0.05) is 10.4 Å². The number of aliphatic hydroxyl groups is 1. The first kappa shape index (κ1) is 10.2. The summed E-state index contributed by atoms with van der Waals surface area (Å²) in [5.41, 5.74) is 0.786. The van der Waals surface area contributed by atoms with Crippen molar-refractivity contribution in [3.63, 3.8) is 0 Å². The molecule has 1 aliphatic carbocycles. The van der Waals surface area contributed by atoms with Crippen molar-refractivity contribution in [3.8, 4) is 0 Å². The second-order valence-electron chi connectivity index (χ2n) is 4.53. The Morgan fingerprint density at radius 2 is 2.19 bits per heavy atom. The van der Waals surface area contributed by atoms with E-state index >= 15 is 0 Å². The Morgan fingerprint density at radius 3 is 2.94 bits per heavy atom. The molecule has 3 heteroatoms. The number of benzene rings is 1. The summed E-state index contributed by atoms with van der Waals surface area (Å²) in [5.74, 6) is 1.34. The lowest BCUT2D eigenvalue weighted by Crippen LogP contribution is -1.95. The summed E-state index contributed by atoms with van der Waals surface area (Å²) >= 11 is 5.90. The second kappa shape index (κ2) is 3.79. The second-order valence-corrected chi connectivity index (χ2v) is 4.96. The van der Waals surface area contributed by atoms with Gasteiger partial charge in [-0.25, -0.2) is 0 Å². The molecule has 2 aromatic rings. The number of furan rings is 1. The molecule has 1 aromatic heterocycles. The van der Waals surface area contributed by atoms with Gasteiger partial charge in [0.15, 0.2) is 0 Å². The third-order valence-corrected chi connectivity index (χ3v) is 3.31. The normalized spacial score (nSPS) is 17.9. The Bertz CT molecular complexity index is 514. The summed E-state index contributed by atoms with van der Waals surface area (Å²) < 4.78 is 5.60. The average Bonchev–Trinajstić information content (AvgIpc) is 2.95. The van der Waals surface area contributed by atoms with Gasteiger partial charge in [-0.3, -0.25) is 0 Å². The molecule has 1 unspecified atom stereocenters. The van der Waals surface area contributed by atoms with E-state index in [0.29, 0.717) is 16.7 Å². The van der Waals surface area contributed by atoms with E-state index in [1.54, 1.807) is 6.07 Å². The Balaban J connectivity index is 1.91. The van der Waals surface area contributed by atoms with Crippen LogP contribution in [0.15, 0.2) is 28.7 Å². The highest BCUT2D eigenvalue weighted by Crippen LogP contribution is 2.38. The monoisotopic (exact) mass is 236 g/mol. The molecule has 84 valence electrons. The van der Waals surface area contributed by atoms with E-state index in [4.69, 9.17) is 16.0 Å².